The van der Waals surface area contributed by atoms with Crippen LogP contribution in [0.1, 0.15) is 15.9 Å². The first-order chi connectivity index (χ1) is 15.2. The van der Waals surface area contributed by atoms with Gasteiger partial charge >= 0.3 is 0 Å². The van der Waals surface area contributed by atoms with Crippen LogP contribution < -0.4 is 15.8 Å². The van der Waals surface area contributed by atoms with Gasteiger partial charge in [0.05, 0.1) is 23.1 Å². The van der Waals surface area contributed by atoms with Crippen molar-refractivity contribution >= 4 is 50.1 Å². The predicted octanol–water partition coefficient (Wildman–Crippen LogP) is 3.48. The Morgan fingerprint density at radius 3 is 2.50 bits per heavy atom. The summed E-state index contributed by atoms with van der Waals surface area (Å²) in [5, 5.41) is 3.20. The Morgan fingerprint density at radius 2 is 1.84 bits per heavy atom. The molecule has 2 aromatic heterocycles. The number of nitrogens with zero attached hydrogens (tertiary/aromatic N) is 3. The van der Waals surface area contributed by atoms with E-state index in [0.29, 0.717) is 11.1 Å². The van der Waals surface area contributed by atoms with Gasteiger partial charge in [0.25, 0.3) is 15.9 Å². The number of hydrogen-bond acceptors (Lipinski definition) is 7. The van der Waals surface area contributed by atoms with Crippen molar-refractivity contribution in [3.8, 4) is 5.75 Å². The molecular weight excluding hydrogens is 454 g/mol. The molecule has 11 heteroatoms. The van der Waals surface area contributed by atoms with E-state index in [-0.39, 0.29) is 33.0 Å². The van der Waals surface area contributed by atoms with Crippen LogP contribution >= 0.6 is 11.6 Å². The Balaban J connectivity index is 1.86. The van der Waals surface area contributed by atoms with Crippen molar-refractivity contribution in [1.82, 2.24) is 13.9 Å². The van der Waals surface area contributed by atoms with Crippen molar-refractivity contribution in [1.29, 1.82) is 0 Å². The van der Waals surface area contributed by atoms with E-state index in [1.54, 1.807) is 36.4 Å². The molecule has 4 rings (SSSR count). The third kappa shape index (κ3) is 3.74. The molecule has 0 saturated heterocycles. The van der Waals surface area contributed by atoms with Gasteiger partial charge in [-0.05, 0) is 48.9 Å². The first kappa shape index (κ1) is 21.6. The standard InChI is InChI=1S/C21H18ClN5O4S/c1-12-6-8-13(9-7-12)32(29,30)27-11-10-14-19(25-21(22)26-20(14)27)24-15-4-3-5-16(31-2)17(15)18(23)28/h3-11H,1-2H3,(H2,23,28)(H,24,25,26). The quantitative estimate of drug-likeness (QED) is 0.412. The average molecular weight is 472 g/mol. The molecule has 0 aliphatic heterocycles. The minimum Gasteiger partial charge on any atom is -0.496 e. The average Bonchev–Trinajstić information content (AvgIpc) is 3.18. The summed E-state index contributed by atoms with van der Waals surface area (Å²) in [4.78, 5) is 20.4. The molecule has 164 valence electrons. The normalized spacial score (nSPS) is 11.5. The van der Waals surface area contributed by atoms with Crippen LogP contribution in [-0.4, -0.2) is 35.4 Å². The minimum atomic E-state index is -3.93. The summed E-state index contributed by atoms with van der Waals surface area (Å²) in [6.45, 7) is 1.87. The Labute approximate surface area is 188 Å². The molecule has 4 aromatic rings. The number of hydrogen-bond donors (Lipinski definition) is 2. The number of carbonyl (C=O) groups is 1. The van der Waals surface area contributed by atoms with Crippen LogP contribution in [0, 0.1) is 6.92 Å². The number of benzene rings is 2. The number of rotatable bonds is 6. The second-order valence-electron chi connectivity index (χ2n) is 6.88. The number of halogens is 1. The lowest BCUT2D eigenvalue weighted by molar-refractivity contribution is 0.0998. The monoisotopic (exact) mass is 471 g/mol. The van der Waals surface area contributed by atoms with E-state index in [4.69, 9.17) is 22.1 Å². The summed E-state index contributed by atoms with van der Waals surface area (Å²) >= 11 is 6.11. The van der Waals surface area contributed by atoms with Crippen molar-refractivity contribution in [2.75, 3.05) is 12.4 Å². The van der Waals surface area contributed by atoms with Gasteiger partial charge in [-0.15, -0.1) is 0 Å². The molecule has 0 unspecified atom stereocenters. The van der Waals surface area contributed by atoms with Gasteiger partial charge in [-0.25, -0.2) is 12.4 Å². The second kappa shape index (κ2) is 8.13. The van der Waals surface area contributed by atoms with E-state index in [2.05, 4.69) is 15.3 Å². The van der Waals surface area contributed by atoms with E-state index in [9.17, 15) is 13.2 Å². The lowest BCUT2D eigenvalue weighted by Crippen LogP contribution is -2.15. The zero-order valence-electron chi connectivity index (χ0n) is 17.0. The topological polar surface area (TPSA) is 129 Å². The van der Waals surface area contributed by atoms with Crippen molar-refractivity contribution in [2.45, 2.75) is 11.8 Å². The Hall–Kier alpha value is -3.63. The largest absolute Gasteiger partial charge is 0.496 e. The number of methoxy groups -OCH3 is 1. The van der Waals surface area contributed by atoms with Crippen LogP contribution in [0.5, 0.6) is 5.75 Å². The van der Waals surface area contributed by atoms with Crippen molar-refractivity contribution in [3.05, 3.63) is 71.1 Å². The zero-order chi connectivity index (χ0) is 23.0. The third-order valence-corrected chi connectivity index (χ3v) is 6.66. The molecule has 9 nitrogen and oxygen atoms in total. The Kier molecular flexibility index (Phi) is 5.49. The van der Waals surface area contributed by atoms with E-state index < -0.39 is 15.9 Å². The number of aromatic nitrogens is 3. The van der Waals surface area contributed by atoms with Crippen LogP contribution in [0.2, 0.25) is 5.28 Å². The molecule has 0 saturated carbocycles. The van der Waals surface area contributed by atoms with E-state index in [1.165, 1.54) is 25.4 Å². The molecule has 0 bridgehead atoms. The van der Waals surface area contributed by atoms with Gasteiger partial charge in [0.15, 0.2) is 5.65 Å². The number of fused-ring (bicyclic) bond motifs is 1. The Morgan fingerprint density at radius 1 is 1.12 bits per heavy atom. The lowest BCUT2D eigenvalue weighted by Gasteiger charge is -2.14. The summed E-state index contributed by atoms with van der Waals surface area (Å²) in [6, 6.07) is 12.9. The molecule has 32 heavy (non-hydrogen) atoms. The minimum absolute atomic E-state index is 0.0802. The van der Waals surface area contributed by atoms with Gasteiger partial charge in [0.1, 0.15) is 17.1 Å². The number of anilines is 2. The molecule has 1 amide bonds. The summed E-state index contributed by atoms with van der Waals surface area (Å²) in [5.41, 5.74) is 6.97. The highest BCUT2D eigenvalue weighted by Crippen LogP contribution is 2.32. The number of primary amides is 1. The van der Waals surface area contributed by atoms with Crippen LogP contribution in [0.15, 0.2) is 59.6 Å². The lowest BCUT2D eigenvalue weighted by atomic mass is 10.1. The van der Waals surface area contributed by atoms with Gasteiger partial charge in [-0.3, -0.25) is 4.79 Å². The molecule has 0 aliphatic rings. The smallest absolute Gasteiger partial charge is 0.269 e. The first-order valence-corrected chi connectivity index (χ1v) is 11.1. The van der Waals surface area contributed by atoms with Gasteiger partial charge in [0.2, 0.25) is 5.28 Å². The molecule has 0 radical (unpaired) electrons. The van der Waals surface area contributed by atoms with Crippen molar-refractivity contribution in [3.63, 3.8) is 0 Å². The summed E-state index contributed by atoms with van der Waals surface area (Å²) in [5.74, 6) is -0.229. The fourth-order valence-corrected chi connectivity index (χ4v) is 4.73. The third-order valence-electron chi connectivity index (χ3n) is 4.81. The molecule has 0 spiro atoms. The summed E-state index contributed by atoms with van der Waals surface area (Å²) < 4.78 is 32.6. The molecule has 2 aromatic carbocycles. The summed E-state index contributed by atoms with van der Waals surface area (Å²) in [6.07, 6.45) is 1.37. The van der Waals surface area contributed by atoms with Crippen LogP contribution in [0.3, 0.4) is 0 Å². The maximum absolute atomic E-state index is 13.2. The number of nitrogens with two attached hydrogens (primary N) is 1. The fraction of sp³-hybridized carbons (Fsp3) is 0.0952. The fourth-order valence-electron chi connectivity index (χ4n) is 3.27. The molecule has 0 fully saturated rings. The number of amides is 1. The molecule has 0 atom stereocenters. The zero-order valence-corrected chi connectivity index (χ0v) is 18.6. The maximum atomic E-state index is 13.2. The highest BCUT2D eigenvalue weighted by molar-refractivity contribution is 7.90. The first-order valence-electron chi connectivity index (χ1n) is 9.33. The van der Waals surface area contributed by atoms with Crippen LogP contribution in [-0.2, 0) is 10.0 Å². The summed E-state index contributed by atoms with van der Waals surface area (Å²) in [7, 11) is -2.51. The van der Waals surface area contributed by atoms with Crippen LogP contribution in [0.25, 0.3) is 11.0 Å². The van der Waals surface area contributed by atoms with E-state index in [0.717, 1.165) is 9.54 Å². The highest BCUT2D eigenvalue weighted by atomic mass is 35.5. The van der Waals surface area contributed by atoms with Gasteiger partial charge < -0.3 is 15.8 Å². The number of aryl methyl sites for hydroxylation is 1. The second-order valence-corrected chi connectivity index (χ2v) is 9.03. The van der Waals surface area contributed by atoms with Crippen molar-refractivity contribution in [2.24, 2.45) is 5.73 Å². The highest BCUT2D eigenvalue weighted by Gasteiger charge is 2.23. The molecule has 0 aliphatic carbocycles. The van der Waals surface area contributed by atoms with E-state index in [1.807, 2.05) is 6.92 Å². The van der Waals surface area contributed by atoms with Crippen LogP contribution in [0.4, 0.5) is 11.5 Å². The SMILES string of the molecule is COc1cccc(Nc2nc(Cl)nc3c2ccn3S(=O)(=O)c2ccc(C)cc2)c1C(N)=O. The van der Waals surface area contributed by atoms with Gasteiger partial charge in [0, 0.05) is 6.20 Å². The molecular formula is C21H18ClN5O4S. The number of ether oxygens (including phenoxy) is 1. The molecule has 3 N–H and O–H groups in total. The van der Waals surface area contributed by atoms with Gasteiger partial charge in [-0.2, -0.15) is 9.97 Å². The molecule has 2 heterocycles. The number of carbonyl (C=O) groups excluding carboxylic acids is 1. The Bertz CT molecular complexity index is 1450. The van der Waals surface area contributed by atoms with Crippen molar-refractivity contribution < 1.29 is 17.9 Å². The van der Waals surface area contributed by atoms with Gasteiger partial charge in [-0.1, -0.05) is 23.8 Å². The predicted molar refractivity (Wildman–Crippen MR) is 121 cm³/mol. The van der Waals surface area contributed by atoms with E-state index >= 15 is 0 Å². The number of nitrogens with one attached hydrogen (secondary N) is 1. The maximum Gasteiger partial charge on any atom is 0.269 e.